The van der Waals surface area contributed by atoms with Crippen LogP contribution in [0.2, 0.25) is 5.02 Å². The second-order valence-corrected chi connectivity index (χ2v) is 8.56. The molecular formula is C22H21ClN8O. The second kappa shape index (κ2) is 7.90. The molecule has 4 aromatic rings. The van der Waals surface area contributed by atoms with E-state index in [0.29, 0.717) is 28.5 Å². The van der Waals surface area contributed by atoms with Crippen LogP contribution in [0.3, 0.4) is 0 Å². The Kier molecular flexibility index (Phi) is 4.75. The summed E-state index contributed by atoms with van der Waals surface area (Å²) in [7, 11) is 0. The first-order chi connectivity index (χ1) is 15.7. The Morgan fingerprint density at radius 2 is 2.06 bits per heavy atom. The maximum Gasteiger partial charge on any atom is 0.228 e. The molecule has 1 aliphatic carbocycles. The van der Waals surface area contributed by atoms with Gasteiger partial charge in [0.15, 0.2) is 17.4 Å². The second-order valence-electron chi connectivity index (χ2n) is 8.16. The first-order valence-electron chi connectivity index (χ1n) is 10.7. The van der Waals surface area contributed by atoms with Gasteiger partial charge >= 0.3 is 0 Å². The largest absolute Gasteiger partial charge is 0.358 e. The van der Waals surface area contributed by atoms with Gasteiger partial charge in [-0.1, -0.05) is 22.8 Å². The summed E-state index contributed by atoms with van der Waals surface area (Å²) in [6.07, 6.45) is 7.71. The minimum atomic E-state index is 0.000778. The summed E-state index contributed by atoms with van der Waals surface area (Å²) in [5.74, 6) is 3.19. The van der Waals surface area contributed by atoms with E-state index in [-0.39, 0.29) is 6.04 Å². The molecule has 0 spiro atoms. The molecule has 1 saturated carbocycles. The van der Waals surface area contributed by atoms with Crippen molar-refractivity contribution in [3.05, 3.63) is 59.2 Å². The summed E-state index contributed by atoms with van der Waals surface area (Å²) >= 11 is 6.38. The highest BCUT2D eigenvalue weighted by molar-refractivity contribution is 6.32. The van der Waals surface area contributed by atoms with Gasteiger partial charge in [0.2, 0.25) is 5.95 Å². The summed E-state index contributed by atoms with van der Waals surface area (Å²) in [6.45, 7) is 0.819. The molecule has 1 saturated heterocycles. The summed E-state index contributed by atoms with van der Waals surface area (Å²) in [5, 5.41) is 15.3. The van der Waals surface area contributed by atoms with E-state index >= 15 is 0 Å². The average molecular weight is 449 g/mol. The molecule has 4 aromatic heterocycles. The molecule has 0 bridgehead atoms. The van der Waals surface area contributed by atoms with E-state index in [1.165, 1.54) is 12.8 Å². The van der Waals surface area contributed by atoms with Gasteiger partial charge in [-0.2, -0.15) is 10.1 Å². The van der Waals surface area contributed by atoms with E-state index in [2.05, 4.69) is 35.5 Å². The summed E-state index contributed by atoms with van der Waals surface area (Å²) < 4.78 is 5.69. The maximum atomic E-state index is 6.38. The number of rotatable bonds is 6. The fourth-order valence-electron chi connectivity index (χ4n) is 4.09. The van der Waals surface area contributed by atoms with Crippen molar-refractivity contribution >= 4 is 29.2 Å². The number of nitrogens with zero attached hydrogens (tertiary/aromatic N) is 6. The summed E-state index contributed by atoms with van der Waals surface area (Å²) in [6, 6.07) is 9.69. The number of anilines is 3. The Bertz CT molecular complexity index is 1240. The van der Waals surface area contributed by atoms with Gasteiger partial charge in [0, 0.05) is 36.5 Å². The van der Waals surface area contributed by atoms with E-state index in [1.54, 1.807) is 12.4 Å². The van der Waals surface area contributed by atoms with E-state index in [4.69, 9.17) is 21.1 Å². The number of aromatic nitrogens is 6. The van der Waals surface area contributed by atoms with E-state index in [1.807, 2.05) is 30.3 Å². The number of halogens is 1. The van der Waals surface area contributed by atoms with Crippen LogP contribution in [0.15, 0.2) is 47.2 Å². The predicted octanol–water partition coefficient (Wildman–Crippen LogP) is 4.87. The van der Waals surface area contributed by atoms with E-state index in [0.717, 1.165) is 42.2 Å². The zero-order valence-electron chi connectivity index (χ0n) is 17.2. The molecule has 2 N–H and O–H groups in total. The Hall–Kier alpha value is -3.46. The topological polar surface area (TPSA) is 109 Å². The quantitative estimate of drug-likeness (QED) is 0.430. The number of aromatic amines is 1. The smallest absolute Gasteiger partial charge is 0.228 e. The van der Waals surface area contributed by atoms with Gasteiger partial charge in [-0.05, 0) is 37.8 Å². The zero-order valence-corrected chi connectivity index (χ0v) is 18.0. The highest BCUT2D eigenvalue weighted by Gasteiger charge is 2.32. The number of H-pyrrole nitrogens is 1. The van der Waals surface area contributed by atoms with Crippen molar-refractivity contribution in [3.63, 3.8) is 0 Å². The molecule has 162 valence electrons. The number of hydrogen-bond acceptors (Lipinski definition) is 8. The fourth-order valence-corrected chi connectivity index (χ4v) is 4.23. The normalized spacial score (nSPS) is 18.3. The lowest BCUT2D eigenvalue weighted by Crippen LogP contribution is -2.24. The molecule has 1 aliphatic heterocycles. The molecule has 9 nitrogen and oxygen atoms in total. The van der Waals surface area contributed by atoms with Gasteiger partial charge in [-0.25, -0.2) is 4.98 Å². The van der Waals surface area contributed by atoms with Crippen LogP contribution in [-0.4, -0.2) is 36.9 Å². The van der Waals surface area contributed by atoms with Gasteiger partial charge in [-0.3, -0.25) is 10.1 Å². The fraction of sp³-hybridized carbons (Fsp3) is 0.318. The lowest BCUT2D eigenvalue weighted by atomic mass is 10.1. The van der Waals surface area contributed by atoms with Gasteiger partial charge in [0.1, 0.15) is 10.7 Å². The Morgan fingerprint density at radius 1 is 1.12 bits per heavy atom. The molecule has 1 atom stereocenters. The van der Waals surface area contributed by atoms with Crippen molar-refractivity contribution in [2.24, 2.45) is 0 Å². The van der Waals surface area contributed by atoms with E-state index < -0.39 is 0 Å². The average Bonchev–Trinajstić information content (AvgIpc) is 3.21. The third-order valence-electron chi connectivity index (χ3n) is 5.89. The van der Waals surface area contributed by atoms with Crippen molar-refractivity contribution in [2.45, 2.75) is 37.6 Å². The van der Waals surface area contributed by atoms with Gasteiger partial charge in [0.25, 0.3) is 0 Å². The van der Waals surface area contributed by atoms with Crippen LogP contribution < -0.4 is 10.2 Å². The van der Waals surface area contributed by atoms with Crippen molar-refractivity contribution in [1.29, 1.82) is 0 Å². The first-order valence-corrected chi connectivity index (χ1v) is 11.1. The predicted molar refractivity (Wildman–Crippen MR) is 120 cm³/mol. The Balaban J connectivity index is 1.25. The summed E-state index contributed by atoms with van der Waals surface area (Å²) in [4.78, 5) is 15.7. The maximum absolute atomic E-state index is 6.38. The Morgan fingerprint density at radius 3 is 2.91 bits per heavy atom. The lowest BCUT2D eigenvalue weighted by molar-refractivity contribution is 0.362. The molecule has 32 heavy (non-hydrogen) atoms. The van der Waals surface area contributed by atoms with Crippen LogP contribution in [0.5, 0.6) is 0 Å². The molecular weight excluding hydrogens is 428 g/mol. The van der Waals surface area contributed by atoms with Crippen molar-refractivity contribution in [2.75, 3.05) is 16.8 Å². The molecule has 0 radical (unpaired) electrons. The first kappa shape index (κ1) is 19.2. The minimum Gasteiger partial charge on any atom is -0.358 e. The van der Waals surface area contributed by atoms with Crippen LogP contribution in [0.4, 0.5) is 17.6 Å². The van der Waals surface area contributed by atoms with Gasteiger partial charge in [-0.15, -0.1) is 0 Å². The molecule has 2 fully saturated rings. The number of nitrogens with one attached hydrogen (secondary N) is 2. The molecule has 0 unspecified atom stereocenters. The molecule has 6 rings (SSSR count). The van der Waals surface area contributed by atoms with Crippen molar-refractivity contribution < 1.29 is 4.52 Å². The lowest BCUT2D eigenvalue weighted by Gasteiger charge is -2.23. The van der Waals surface area contributed by atoms with Crippen LogP contribution in [-0.2, 0) is 0 Å². The highest BCUT2D eigenvalue weighted by atomic mass is 35.5. The van der Waals surface area contributed by atoms with Crippen LogP contribution >= 0.6 is 11.6 Å². The van der Waals surface area contributed by atoms with Crippen LogP contribution in [0.1, 0.15) is 49.1 Å². The minimum absolute atomic E-state index is 0.000778. The molecule has 10 heteroatoms. The molecule has 0 amide bonds. The third-order valence-corrected chi connectivity index (χ3v) is 6.16. The van der Waals surface area contributed by atoms with E-state index in [9.17, 15) is 0 Å². The number of pyridine rings is 1. The SMILES string of the molecule is Clc1cnc(N2CCC[C@H]2c2cc(-c3ccccn3)no2)nc1Nc1cc(C2CC2)[nH]n1. The zero-order chi connectivity index (χ0) is 21.5. The Labute approximate surface area is 189 Å². The highest BCUT2D eigenvalue weighted by Crippen LogP contribution is 2.40. The van der Waals surface area contributed by atoms with Crippen LogP contribution in [0, 0.1) is 0 Å². The van der Waals surface area contributed by atoms with Gasteiger partial charge < -0.3 is 14.7 Å². The van der Waals surface area contributed by atoms with Crippen molar-refractivity contribution in [3.8, 4) is 11.4 Å². The standard InChI is InChI=1S/C22H21ClN8O/c23-14-12-25-22(27-21(14)26-20-11-16(28-29-20)13-6-7-13)31-9-3-5-18(31)19-10-17(30-32-19)15-4-1-2-8-24-15/h1-2,4,8,10-13,18H,3,5-7,9H2,(H2,25,26,27,28,29)/t18-/m0/s1. The van der Waals surface area contributed by atoms with Crippen molar-refractivity contribution in [1.82, 2.24) is 30.3 Å². The number of hydrogen-bond donors (Lipinski definition) is 2. The molecule has 2 aliphatic rings. The monoisotopic (exact) mass is 448 g/mol. The van der Waals surface area contributed by atoms with Gasteiger partial charge in [0.05, 0.1) is 17.9 Å². The summed E-state index contributed by atoms with van der Waals surface area (Å²) in [5.41, 5.74) is 2.65. The van der Waals surface area contributed by atoms with Crippen LogP contribution in [0.25, 0.3) is 11.4 Å². The third kappa shape index (κ3) is 3.69. The molecule has 5 heterocycles. The molecule has 0 aromatic carbocycles.